The van der Waals surface area contributed by atoms with Gasteiger partial charge in [0.2, 0.25) is 0 Å². The lowest BCUT2D eigenvalue weighted by Crippen LogP contribution is -2.34. The molecule has 0 aromatic heterocycles. The van der Waals surface area contributed by atoms with Gasteiger partial charge in [0, 0.05) is 26.2 Å². The predicted octanol–water partition coefficient (Wildman–Crippen LogP) is 2.75. The molecule has 0 saturated carbocycles. The summed E-state index contributed by atoms with van der Waals surface area (Å²) in [6, 6.07) is 6.50. The van der Waals surface area contributed by atoms with Gasteiger partial charge in [-0.15, -0.1) is 0 Å². The van der Waals surface area contributed by atoms with E-state index in [0.29, 0.717) is 26.2 Å². The maximum atomic E-state index is 12.2. The molecule has 7 heteroatoms. The molecule has 1 rings (SSSR count). The van der Waals surface area contributed by atoms with Crippen molar-refractivity contribution in [2.45, 2.75) is 26.1 Å². The number of carboxylic acid groups (broad SMARTS) is 1. The lowest BCUT2D eigenvalue weighted by molar-refractivity contribution is -0.137. The molecule has 124 valence electrons. The van der Waals surface area contributed by atoms with Crippen LogP contribution in [0.25, 0.3) is 0 Å². The highest BCUT2D eigenvalue weighted by Gasteiger charge is 2.27. The second kappa shape index (κ2) is 8.75. The number of nitrogens with one attached hydrogen (secondary N) is 1. The van der Waals surface area contributed by atoms with Gasteiger partial charge in [0.1, 0.15) is 0 Å². The first-order valence-electron chi connectivity index (χ1n) is 7.14. The molecule has 0 fully saturated rings. The van der Waals surface area contributed by atoms with E-state index in [4.69, 9.17) is 5.11 Å². The van der Waals surface area contributed by atoms with Crippen molar-refractivity contribution in [2.24, 2.45) is 0 Å². The fraction of sp³-hybridized carbons (Fsp3) is 0.533. The average Bonchev–Trinajstić information content (AvgIpc) is 2.46. The highest BCUT2D eigenvalue weighted by atomic mass is 19.4. The van der Waals surface area contributed by atoms with Crippen molar-refractivity contribution in [3.8, 4) is 0 Å². The van der Waals surface area contributed by atoms with Crippen LogP contribution in [0.15, 0.2) is 24.3 Å². The summed E-state index contributed by atoms with van der Waals surface area (Å²) in [5.41, 5.74) is 1.16. The number of nitrogens with zero attached hydrogens (tertiary/aromatic N) is 1. The number of rotatable bonds is 9. The molecule has 2 N–H and O–H groups in total. The summed E-state index contributed by atoms with van der Waals surface area (Å²) in [7, 11) is 0. The number of likely N-dealkylation sites (N-methyl/N-ethyl adjacent to an activating group) is 1. The van der Waals surface area contributed by atoms with Gasteiger partial charge in [-0.25, -0.2) is 4.79 Å². The van der Waals surface area contributed by atoms with E-state index in [2.05, 4.69) is 5.32 Å². The lowest BCUT2D eigenvalue weighted by Gasteiger charge is -2.21. The number of aromatic carboxylic acids is 1. The minimum atomic E-state index is -4.12. The Balaban J connectivity index is 2.27. The van der Waals surface area contributed by atoms with Crippen LogP contribution in [-0.2, 0) is 6.54 Å². The van der Waals surface area contributed by atoms with Crippen LogP contribution in [0.4, 0.5) is 13.2 Å². The number of hydrogen-bond donors (Lipinski definition) is 2. The molecule has 22 heavy (non-hydrogen) atoms. The van der Waals surface area contributed by atoms with Crippen molar-refractivity contribution in [1.29, 1.82) is 0 Å². The molecular weight excluding hydrogens is 297 g/mol. The maximum absolute atomic E-state index is 12.2. The average molecular weight is 318 g/mol. The molecule has 0 aliphatic carbocycles. The van der Waals surface area contributed by atoms with E-state index in [9.17, 15) is 18.0 Å². The Morgan fingerprint density at radius 3 is 2.36 bits per heavy atom. The summed E-state index contributed by atoms with van der Waals surface area (Å²) in [5.74, 6) is -0.970. The van der Waals surface area contributed by atoms with Crippen molar-refractivity contribution in [2.75, 3.05) is 26.2 Å². The monoisotopic (exact) mass is 318 g/mol. The number of benzene rings is 1. The fourth-order valence-corrected chi connectivity index (χ4v) is 1.95. The lowest BCUT2D eigenvalue weighted by atomic mass is 10.1. The molecule has 1 aromatic rings. The number of alkyl halides is 3. The molecule has 0 radical (unpaired) electrons. The van der Waals surface area contributed by atoms with Gasteiger partial charge >= 0.3 is 12.1 Å². The Hall–Kier alpha value is -1.60. The van der Waals surface area contributed by atoms with E-state index in [-0.39, 0.29) is 12.1 Å². The molecule has 0 aliphatic heterocycles. The van der Waals surface area contributed by atoms with Crippen LogP contribution in [0.2, 0.25) is 0 Å². The highest BCUT2D eigenvalue weighted by molar-refractivity contribution is 5.87. The third kappa shape index (κ3) is 7.42. The van der Waals surface area contributed by atoms with Crippen LogP contribution in [0.3, 0.4) is 0 Å². The first kappa shape index (κ1) is 18.4. The van der Waals surface area contributed by atoms with Crippen LogP contribution in [0.5, 0.6) is 0 Å². The second-order valence-corrected chi connectivity index (χ2v) is 4.98. The van der Waals surface area contributed by atoms with Crippen LogP contribution < -0.4 is 5.32 Å². The van der Waals surface area contributed by atoms with Gasteiger partial charge in [-0.1, -0.05) is 19.1 Å². The van der Waals surface area contributed by atoms with Crippen molar-refractivity contribution in [3.63, 3.8) is 0 Å². The van der Waals surface area contributed by atoms with E-state index in [1.807, 2.05) is 6.92 Å². The third-order valence-electron chi connectivity index (χ3n) is 3.29. The Labute approximate surface area is 127 Å². The van der Waals surface area contributed by atoms with Crippen molar-refractivity contribution in [1.82, 2.24) is 10.2 Å². The molecule has 0 spiro atoms. The summed E-state index contributed by atoms with van der Waals surface area (Å²) >= 11 is 0. The van der Waals surface area contributed by atoms with E-state index in [0.717, 1.165) is 5.56 Å². The Bertz CT molecular complexity index is 461. The van der Waals surface area contributed by atoms with Crippen LogP contribution in [0.1, 0.15) is 29.3 Å². The topological polar surface area (TPSA) is 52.6 Å². The summed E-state index contributed by atoms with van der Waals surface area (Å²) in [6.45, 7) is 4.09. The molecular formula is C15H21F3N2O2. The quantitative estimate of drug-likeness (QED) is 0.688. The predicted molar refractivity (Wildman–Crippen MR) is 77.9 cm³/mol. The Morgan fingerprint density at radius 2 is 1.86 bits per heavy atom. The summed E-state index contributed by atoms with van der Waals surface area (Å²) in [6.07, 6.45) is -4.91. The van der Waals surface area contributed by atoms with Crippen LogP contribution >= 0.6 is 0 Å². The molecule has 0 aliphatic rings. The van der Waals surface area contributed by atoms with Crippen molar-refractivity contribution >= 4 is 5.97 Å². The third-order valence-corrected chi connectivity index (χ3v) is 3.29. The molecule has 1 aromatic carbocycles. The standard InChI is InChI=1S/C15H21F3N2O2/c1-2-20(9-7-15(16,17)18)10-8-19-11-12-3-5-13(6-4-12)14(21)22/h3-6,19H,2,7-11H2,1H3,(H,21,22). The Morgan fingerprint density at radius 1 is 1.23 bits per heavy atom. The number of carboxylic acids is 1. The second-order valence-electron chi connectivity index (χ2n) is 4.98. The number of halogens is 3. The zero-order valence-corrected chi connectivity index (χ0v) is 12.5. The largest absolute Gasteiger partial charge is 0.478 e. The van der Waals surface area contributed by atoms with Crippen molar-refractivity contribution in [3.05, 3.63) is 35.4 Å². The molecule has 0 unspecified atom stereocenters. The maximum Gasteiger partial charge on any atom is 0.390 e. The normalized spacial score (nSPS) is 11.9. The molecule has 4 nitrogen and oxygen atoms in total. The first-order valence-corrected chi connectivity index (χ1v) is 7.14. The van der Waals surface area contributed by atoms with Gasteiger partial charge in [0.25, 0.3) is 0 Å². The number of carbonyl (C=O) groups is 1. The van der Waals surface area contributed by atoms with E-state index in [1.165, 1.54) is 12.1 Å². The molecule has 0 heterocycles. The highest BCUT2D eigenvalue weighted by Crippen LogP contribution is 2.19. The minimum absolute atomic E-state index is 0.00892. The fourth-order valence-electron chi connectivity index (χ4n) is 1.95. The zero-order valence-electron chi connectivity index (χ0n) is 12.5. The minimum Gasteiger partial charge on any atom is -0.478 e. The zero-order chi connectivity index (χ0) is 16.6. The SMILES string of the molecule is CCN(CCNCc1ccc(C(=O)O)cc1)CCC(F)(F)F. The van der Waals surface area contributed by atoms with Gasteiger partial charge in [0.05, 0.1) is 12.0 Å². The van der Waals surface area contributed by atoms with Gasteiger partial charge in [-0.3, -0.25) is 0 Å². The van der Waals surface area contributed by atoms with Gasteiger partial charge in [-0.2, -0.15) is 13.2 Å². The molecule has 0 bridgehead atoms. The number of hydrogen-bond acceptors (Lipinski definition) is 3. The summed E-state index contributed by atoms with van der Waals surface area (Å²) in [5, 5.41) is 11.9. The van der Waals surface area contributed by atoms with Crippen LogP contribution in [-0.4, -0.2) is 48.3 Å². The smallest absolute Gasteiger partial charge is 0.390 e. The van der Waals surface area contributed by atoms with Crippen molar-refractivity contribution < 1.29 is 23.1 Å². The van der Waals surface area contributed by atoms with E-state index in [1.54, 1.807) is 17.0 Å². The van der Waals surface area contributed by atoms with Gasteiger partial charge in [-0.05, 0) is 24.2 Å². The molecule has 0 atom stereocenters. The van der Waals surface area contributed by atoms with E-state index >= 15 is 0 Å². The Kier molecular flexibility index (Phi) is 7.34. The molecule has 0 saturated heterocycles. The van der Waals surface area contributed by atoms with E-state index < -0.39 is 18.6 Å². The first-order chi connectivity index (χ1) is 10.3. The van der Waals surface area contributed by atoms with Crippen LogP contribution in [0, 0.1) is 0 Å². The summed E-state index contributed by atoms with van der Waals surface area (Å²) in [4.78, 5) is 12.5. The molecule has 0 amide bonds. The van der Waals surface area contributed by atoms with Gasteiger partial charge in [0.15, 0.2) is 0 Å². The van der Waals surface area contributed by atoms with Gasteiger partial charge < -0.3 is 15.3 Å². The summed E-state index contributed by atoms with van der Waals surface area (Å²) < 4.78 is 36.5.